The number of amides is 1. The molecule has 0 radical (unpaired) electrons. The Morgan fingerprint density at radius 1 is 0.952 bits per heavy atom. The summed E-state index contributed by atoms with van der Waals surface area (Å²) in [6, 6.07) is 7.26. The van der Waals surface area contributed by atoms with Crippen LogP contribution in [0.4, 0.5) is 18.0 Å². The van der Waals surface area contributed by atoms with E-state index in [1.165, 1.54) is 55.4 Å². The monoisotopic (exact) mass is 590 g/mol. The van der Waals surface area contributed by atoms with E-state index in [-0.39, 0.29) is 30.4 Å². The van der Waals surface area contributed by atoms with Gasteiger partial charge in [-0.25, -0.2) is 4.79 Å². The molecule has 2 N–H and O–H groups in total. The van der Waals surface area contributed by atoms with E-state index in [0.29, 0.717) is 16.7 Å². The van der Waals surface area contributed by atoms with Crippen LogP contribution in [0.5, 0.6) is 0 Å². The minimum absolute atomic E-state index is 0.0139. The fourth-order valence-electron chi connectivity index (χ4n) is 4.99. The molecule has 9 nitrogen and oxygen atoms in total. The second-order valence-corrected chi connectivity index (χ2v) is 13.3. The van der Waals surface area contributed by atoms with Gasteiger partial charge in [0.25, 0.3) is 5.89 Å². The summed E-state index contributed by atoms with van der Waals surface area (Å²) in [5.74, 6) is 0.111. The number of aromatic nitrogens is 3. The van der Waals surface area contributed by atoms with Crippen molar-refractivity contribution in [3.63, 3.8) is 0 Å². The quantitative estimate of drug-likeness (QED) is 0.376. The third-order valence-corrected chi connectivity index (χ3v) is 7.70. The maximum atomic E-state index is 13.7. The van der Waals surface area contributed by atoms with Crippen molar-refractivity contribution in [2.45, 2.75) is 83.8 Å². The van der Waals surface area contributed by atoms with Crippen LogP contribution in [0.3, 0.4) is 0 Å². The average molecular weight is 591 g/mol. The standard InChI is InChI=1S/C30H37F3N4O5/c1-25(2,3)41-24(38)37-16-28(8,17-37)29(40,20-11-9-19(10-12-20)26(4,5)30(31,32)33)21-13-18(14-34-15-21)22-35-23(42-36-22)27(6,7)39/h9-15,39-40H,16-17H2,1-8H3. The molecular weight excluding hydrogens is 553 g/mol. The SMILES string of the molecule is CC(C)(C)OC(=O)N1CC(C)(C(O)(c2ccc(C(C)(C)C(F)(F)F)cc2)c2cncc(-c3noc(C(C)(C)O)n3)c2)C1. The van der Waals surface area contributed by atoms with Crippen LogP contribution in [0, 0.1) is 5.41 Å². The lowest BCUT2D eigenvalue weighted by molar-refractivity contribution is -0.180. The Hall–Kier alpha value is -3.51. The van der Waals surface area contributed by atoms with Crippen molar-refractivity contribution in [2.75, 3.05) is 13.1 Å². The molecule has 1 saturated heterocycles. The molecule has 2 aromatic heterocycles. The molecule has 12 heteroatoms. The summed E-state index contributed by atoms with van der Waals surface area (Å²) in [4.78, 5) is 22.8. The van der Waals surface area contributed by atoms with E-state index in [1.807, 2.05) is 0 Å². The zero-order chi connectivity index (χ0) is 31.5. The van der Waals surface area contributed by atoms with Gasteiger partial charge in [-0.05, 0) is 65.7 Å². The largest absolute Gasteiger partial charge is 0.444 e. The molecule has 1 aliphatic heterocycles. The first-order valence-corrected chi connectivity index (χ1v) is 13.5. The fraction of sp³-hybridized carbons (Fsp3) is 0.533. The van der Waals surface area contributed by atoms with Crippen molar-refractivity contribution in [2.24, 2.45) is 5.41 Å². The minimum atomic E-state index is -4.48. The summed E-state index contributed by atoms with van der Waals surface area (Å²) >= 11 is 0. The number of benzene rings is 1. The van der Waals surface area contributed by atoms with E-state index in [2.05, 4.69) is 15.1 Å². The molecule has 1 amide bonds. The number of halogens is 3. The first-order valence-electron chi connectivity index (χ1n) is 13.5. The molecular formula is C30H37F3N4O5. The van der Waals surface area contributed by atoms with Crippen LogP contribution in [0.2, 0.25) is 0 Å². The van der Waals surface area contributed by atoms with E-state index < -0.39 is 39.9 Å². The number of hydrogen-bond donors (Lipinski definition) is 2. The number of carbonyl (C=O) groups is 1. The van der Waals surface area contributed by atoms with Crippen LogP contribution in [-0.2, 0) is 21.4 Å². The lowest BCUT2D eigenvalue weighted by Crippen LogP contribution is -2.66. The van der Waals surface area contributed by atoms with Crippen LogP contribution in [0.15, 0.2) is 47.2 Å². The molecule has 3 heterocycles. The molecule has 4 rings (SSSR count). The van der Waals surface area contributed by atoms with Gasteiger partial charge in [0.2, 0.25) is 5.82 Å². The van der Waals surface area contributed by atoms with Crippen LogP contribution < -0.4 is 0 Å². The predicted octanol–water partition coefficient (Wildman–Crippen LogP) is 5.69. The maximum Gasteiger partial charge on any atom is 0.410 e. The minimum Gasteiger partial charge on any atom is -0.444 e. The van der Waals surface area contributed by atoms with Crippen molar-refractivity contribution >= 4 is 6.09 Å². The normalized spacial score (nSPS) is 17.4. The molecule has 0 spiro atoms. The fourth-order valence-corrected chi connectivity index (χ4v) is 4.99. The van der Waals surface area contributed by atoms with Crippen molar-refractivity contribution < 1.29 is 37.4 Å². The Morgan fingerprint density at radius 3 is 2.02 bits per heavy atom. The van der Waals surface area contributed by atoms with Gasteiger partial charge in [0.1, 0.15) is 16.8 Å². The van der Waals surface area contributed by atoms with Crippen molar-refractivity contribution in [1.29, 1.82) is 0 Å². The van der Waals surface area contributed by atoms with Gasteiger partial charge in [0.05, 0.1) is 5.41 Å². The number of ether oxygens (including phenoxy) is 1. The Kier molecular flexibility index (Phi) is 7.52. The van der Waals surface area contributed by atoms with E-state index in [0.717, 1.165) is 13.8 Å². The van der Waals surface area contributed by atoms with Gasteiger partial charge < -0.3 is 24.4 Å². The highest BCUT2D eigenvalue weighted by Crippen LogP contribution is 2.51. The van der Waals surface area contributed by atoms with Crippen LogP contribution in [-0.4, -0.2) is 61.2 Å². The van der Waals surface area contributed by atoms with E-state index >= 15 is 0 Å². The van der Waals surface area contributed by atoms with E-state index in [4.69, 9.17) is 9.26 Å². The van der Waals surface area contributed by atoms with Gasteiger partial charge in [0, 0.05) is 42.0 Å². The first-order chi connectivity index (χ1) is 19.1. The van der Waals surface area contributed by atoms with Gasteiger partial charge in [-0.15, -0.1) is 0 Å². The highest BCUT2D eigenvalue weighted by Gasteiger charge is 2.58. The van der Waals surface area contributed by atoms with E-state index in [9.17, 15) is 28.2 Å². The second-order valence-electron chi connectivity index (χ2n) is 13.3. The number of carbonyl (C=O) groups excluding carboxylic acids is 1. The summed E-state index contributed by atoms with van der Waals surface area (Å²) in [6.07, 6.45) is -2.10. The molecule has 1 aromatic carbocycles. The summed E-state index contributed by atoms with van der Waals surface area (Å²) in [6.45, 7) is 12.4. The topological polar surface area (TPSA) is 122 Å². The molecule has 1 unspecified atom stereocenters. The molecule has 1 atom stereocenters. The number of rotatable bonds is 6. The molecule has 42 heavy (non-hydrogen) atoms. The van der Waals surface area contributed by atoms with Gasteiger partial charge in [-0.2, -0.15) is 18.2 Å². The van der Waals surface area contributed by atoms with E-state index in [1.54, 1.807) is 33.8 Å². The maximum absolute atomic E-state index is 13.7. The van der Waals surface area contributed by atoms with Gasteiger partial charge in [-0.1, -0.05) is 36.3 Å². The predicted molar refractivity (Wildman–Crippen MR) is 147 cm³/mol. The Balaban J connectivity index is 1.79. The number of pyridine rings is 1. The van der Waals surface area contributed by atoms with Gasteiger partial charge in [-0.3, -0.25) is 4.98 Å². The van der Waals surface area contributed by atoms with Crippen LogP contribution >= 0.6 is 0 Å². The number of likely N-dealkylation sites (tertiary alicyclic amines) is 1. The van der Waals surface area contributed by atoms with Crippen molar-refractivity contribution in [3.05, 3.63) is 65.3 Å². The van der Waals surface area contributed by atoms with Crippen molar-refractivity contribution in [3.8, 4) is 11.4 Å². The van der Waals surface area contributed by atoms with Crippen LogP contribution in [0.25, 0.3) is 11.4 Å². The molecule has 1 fully saturated rings. The lowest BCUT2D eigenvalue weighted by Gasteiger charge is -2.56. The third kappa shape index (κ3) is 5.61. The zero-order valence-electron chi connectivity index (χ0n) is 25.0. The summed E-state index contributed by atoms with van der Waals surface area (Å²) in [7, 11) is 0. The Labute approximate surface area is 242 Å². The smallest absolute Gasteiger partial charge is 0.410 e. The Morgan fingerprint density at radius 2 is 1.52 bits per heavy atom. The zero-order valence-corrected chi connectivity index (χ0v) is 25.0. The summed E-state index contributed by atoms with van der Waals surface area (Å²) in [5.41, 5.74) is -5.96. The molecule has 228 valence electrons. The second kappa shape index (κ2) is 10.0. The van der Waals surface area contributed by atoms with Gasteiger partial charge >= 0.3 is 12.3 Å². The van der Waals surface area contributed by atoms with Crippen molar-refractivity contribution in [1.82, 2.24) is 20.0 Å². The molecule has 3 aromatic rings. The average Bonchev–Trinajstić information content (AvgIpc) is 3.36. The molecule has 0 saturated carbocycles. The third-order valence-electron chi connectivity index (χ3n) is 7.70. The van der Waals surface area contributed by atoms with Crippen LogP contribution in [0.1, 0.15) is 78.0 Å². The number of alkyl halides is 3. The molecule has 0 bridgehead atoms. The summed E-state index contributed by atoms with van der Waals surface area (Å²) < 4.78 is 51.9. The lowest BCUT2D eigenvalue weighted by atomic mass is 9.62. The highest BCUT2D eigenvalue weighted by atomic mass is 19.4. The Bertz CT molecular complexity index is 1450. The summed E-state index contributed by atoms with van der Waals surface area (Å²) in [5, 5.41) is 26.7. The first kappa shape index (κ1) is 31.4. The number of aliphatic hydroxyl groups is 2. The molecule has 0 aliphatic carbocycles. The van der Waals surface area contributed by atoms with Gasteiger partial charge in [0.15, 0.2) is 0 Å². The number of hydrogen-bond acceptors (Lipinski definition) is 8. The molecule has 1 aliphatic rings. The highest BCUT2D eigenvalue weighted by molar-refractivity contribution is 5.70. The number of nitrogens with zero attached hydrogens (tertiary/aromatic N) is 4.